The van der Waals surface area contributed by atoms with Crippen molar-refractivity contribution in [2.24, 2.45) is 0 Å². The largest absolute Gasteiger partial charge is 0.497 e. The molecule has 0 aliphatic heterocycles. The predicted molar refractivity (Wildman–Crippen MR) is 185 cm³/mol. The van der Waals surface area contributed by atoms with Gasteiger partial charge in [0.15, 0.2) is 11.9 Å². The van der Waals surface area contributed by atoms with Crippen LogP contribution in [0.2, 0.25) is 0 Å². The third-order valence-corrected chi connectivity index (χ3v) is 7.08. The maximum atomic E-state index is 13.4. The zero-order valence-electron chi connectivity index (χ0n) is 27.5. The summed E-state index contributed by atoms with van der Waals surface area (Å²) in [6, 6.07) is 23.8. The fourth-order valence-corrected chi connectivity index (χ4v) is 4.73. The lowest BCUT2D eigenvalue weighted by Crippen LogP contribution is -2.39. The van der Waals surface area contributed by atoms with Crippen LogP contribution in [0.4, 0.5) is 27.0 Å². The van der Waals surface area contributed by atoms with Crippen LogP contribution < -0.4 is 25.4 Å². The molecule has 0 saturated carbocycles. The fraction of sp³-hybridized carbons (Fsp3) is 0.194. The summed E-state index contributed by atoms with van der Waals surface area (Å²) in [6.07, 6.45) is 0.290. The lowest BCUT2D eigenvalue weighted by molar-refractivity contribution is -0.130. The van der Waals surface area contributed by atoms with Crippen LogP contribution in [0.25, 0.3) is 0 Å². The second kappa shape index (κ2) is 17.8. The Kier molecular flexibility index (Phi) is 13.0. The van der Waals surface area contributed by atoms with Crippen LogP contribution in [0.15, 0.2) is 110 Å². The number of amides is 3. The number of anilines is 3. The Balaban J connectivity index is 1.64. The molecule has 1 heterocycles. The normalized spacial score (nSPS) is 11.3. The van der Waals surface area contributed by atoms with Crippen molar-refractivity contribution >= 4 is 35.5 Å². The van der Waals surface area contributed by atoms with Crippen LogP contribution >= 0.6 is 0 Å². The first-order valence-electron chi connectivity index (χ1n) is 15.2. The monoisotopic (exact) mass is 683 g/mol. The van der Waals surface area contributed by atoms with Gasteiger partial charge in [-0.05, 0) is 41.0 Å². The minimum absolute atomic E-state index is 0.0680. The number of hydrogen-bond donors (Lipinski definition) is 4. The standard InChI is InChI=1S/C36H37N5O9/c1-5-20-48-34(44)40-31-29(22-37-33(39-31)41-35(45)49-21-6-2)38-32(43)30(42)23-50-36(24-10-8-7-9-11-24,25-12-16-27(46-3)17-13-25)26-14-18-28(47-4)19-15-26/h5-19,22,30,42H,1-2,20-21,23H2,3-4H3,(H,38,43)(H2,37,39,40,41,44,45)/t30-/m1/s1. The summed E-state index contributed by atoms with van der Waals surface area (Å²) in [6.45, 7) is 6.29. The van der Waals surface area contributed by atoms with Gasteiger partial charge in [0.25, 0.3) is 5.91 Å². The molecule has 14 heteroatoms. The first kappa shape index (κ1) is 36.6. The molecule has 0 radical (unpaired) electrons. The molecule has 3 amide bonds. The molecule has 0 aliphatic rings. The van der Waals surface area contributed by atoms with Gasteiger partial charge in [-0.15, -0.1) is 0 Å². The van der Waals surface area contributed by atoms with Crippen LogP contribution in [-0.2, 0) is 24.6 Å². The van der Waals surface area contributed by atoms with E-state index in [1.54, 1.807) is 38.5 Å². The van der Waals surface area contributed by atoms with Crippen LogP contribution in [0.5, 0.6) is 11.5 Å². The molecule has 1 aromatic heterocycles. The van der Waals surface area contributed by atoms with E-state index in [9.17, 15) is 19.5 Å². The number of hydrogen-bond acceptors (Lipinski definition) is 11. The molecule has 0 spiro atoms. The van der Waals surface area contributed by atoms with Gasteiger partial charge >= 0.3 is 12.2 Å². The Morgan fingerprint density at radius 2 is 1.30 bits per heavy atom. The van der Waals surface area contributed by atoms with E-state index in [0.717, 1.165) is 11.8 Å². The lowest BCUT2D eigenvalue weighted by atomic mass is 9.80. The summed E-state index contributed by atoms with van der Waals surface area (Å²) in [4.78, 5) is 45.8. The van der Waals surface area contributed by atoms with Gasteiger partial charge in [0, 0.05) is 0 Å². The maximum absolute atomic E-state index is 13.4. The average Bonchev–Trinajstić information content (AvgIpc) is 3.15. The summed E-state index contributed by atoms with van der Waals surface area (Å²) in [5, 5.41) is 18.3. The molecule has 0 bridgehead atoms. The number of nitrogens with zero attached hydrogens (tertiary/aromatic N) is 2. The number of carbonyl (C=O) groups is 3. The molecule has 0 fully saturated rings. The summed E-state index contributed by atoms with van der Waals surface area (Å²) in [7, 11) is 3.12. The number of aliphatic hydroxyl groups is 1. The number of carbonyl (C=O) groups excluding carboxylic acids is 3. The number of methoxy groups -OCH3 is 2. The third kappa shape index (κ3) is 9.21. The van der Waals surface area contributed by atoms with Crippen LogP contribution in [0, 0.1) is 0 Å². The molecule has 1 atom stereocenters. The number of ether oxygens (including phenoxy) is 5. The minimum atomic E-state index is -1.73. The lowest BCUT2D eigenvalue weighted by Gasteiger charge is -2.36. The highest BCUT2D eigenvalue weighted by Crippen LogP contribution is 2.41. The van der Waals surface area contributed by atoms with Crippen molar-refractivity contribution in [3.63, 3.8) is 0 Å². The molecule has 0 unspecified atom stereocenters. The zero-order chi connectivity index (χ0) is 35.9. The van der Waals surface area contributed by atoms with Gasteiger partial charge in [0.05, 0.1) is 27.0 Å². The third-order valence-electron chi connectivity index (χ3n) is 7.08. The molecule has 14 nitrogen and oxygen atoms in total. The first-order valence-corrected chi connectivity index (χ1v) is 15.2. The van der Waals surface area contributed by atoms with Crippen LogP contribution in [-0.4, -0.2) is 73.3 Å². The van der Waals surface area contributed by atoms with E-state index >= 15 is 0 Å². The van der Waals surface area contributed by atoms with Crippen molar-refractivity contribution in [2.75, 3.05) is 50.0 Å². The topological polar surface area (TPSA) is 179 Å². The summed E-state index contributed by atoms with van der Waals surface area (Å²) >= 11 is 0. The summed E-state index contributed by atoms with van der Waals surface area (Å²) in [5.41, 5.74) is 0.675. The smallest absolute Gasteiger partial charge is 0.414 e. The molecular formula is C36H37N5O9. The molecule has 0 saturated heterocycles. The van der Waals surface area contributed by atoms with Crippen molar-refractivity contribution in [3.8, 4) is 11.5 Å². The molecule has 50 heavy (non-hydrogen) atoms. The Bertz CT molecular complexity index is 1720. The number of aromatic nitrogens is 2. The van der Waals surface area contributed by atoms with Gasteiger partial charge in [0.2, 0.25) is 5.95 Å². The average molecular weight is 684 g/mol. The van der Waals surface area contributed by atoms with Crippen LogP contribution in [0.1, 0.15) is 16.7 Å². The van der Waals surface area contributed by atoms with E-state index in [1.807, 2.05) is 54.6 Å². The van der Waals surface area contributed by atoms with Gasteiger partial charge < -0.3 is 34.1 Å². The highest BCUT2D eigenvalue weighted by Gasteiger charge is 2.39. The van der Waals surface area contributed by atoms with Gasteiger partial charge in [-0.1, -0.05) is 79.9 Å². The highest BCUT2D eigenvalue weighted by atomic mass is 16.6. The number of rotatable bonds is 16. The summed E-state index contributed by atoms with van der Waals surface area (Å²) < 4.78 is 27.2. The number of nitrogens with one attached hydrogen (secondary N) is 3. The molecule has 4 N–H and O–H groups in total. The molecule has 3 aromatic carbocycles. The quantitative estimate of drug-likeness (QED) is 0.0893. The first-order chi connectivity index (χ1) is 24.2. The fourth-order valence-electron chi connectivity index (χ4n) is 4.73. The van der Waals surface area contributed by atoms with E-state index in [2.05, 4.69) is 39.1 Å². The SMILES string of the molecule is C=CCOC(=O)Nc1ncc(NC(=O)[C@H](O)COC(c2ccccc2)(c2ccc(OC)cc2)c2ccc(OC)cc2)c(NC(=O)OCC=C)n1. The summed E-state index contributed by atoms with van der Waals surface area (Å²) in [5.74, 6) is -0.163. The Labute approximate surface area is 288 Å². The van der Waals surface area contributed by atoms with E-state index in [-0.39, 0.29) is 30.7 Å². The molecule has 260 valence electrons. The minimum Gasteiger partial charge on any atom is -0.497 e. The van der Waals surface area contributed by atoms with Crippen molar-refractivity contribution in [1.82, 2.24) is 9.97 Å². The van der Waals surface area contributed by atoms with Crippen molar-refractivity contribution in [3.05, 3.63) is 127 Å². The second-order valence-corrected chi connectivity index (χ2v) is 10.3. The second-order valence-electron chi connectivity index (χ2n) is 10.3. The zero-order valence-corrected chi connectivity index (χ0v) is 27.5. The van der Waals surface area contributed by atoms with Crippen molar-refractivity contribution in [2.45, 2.75) is 11.7 Å². The van der Waals surface area contributed by atoms with E-state index < -0.39 is 36.4 Å². The predicted octanol–water partition coefficient (Wildman–Crippen LogP) is 5.27. The van der Waals surface area contributed by atoms with Gasteiger partial charge in [-0.3, -0.25) is 15.4 Å². The molecule has 0 aliphatic carbocycles. The van der Waals surface area contributed by atoms with E-state index in [1.165, 1.54) is 12.2 Å². The molecule has 4 rings (SSSR count). The van der Waals surface area contributed by atoms with Crippen molar-refractivity contribution < 1.29 is 43.2 Å². The number of aliphatic hydroxyl groups excluding tert-OH is 1. The Morgan fingerprint density at radius 3 is 1.82 bits per heavy atom. The molecular weight excluding hydrogens is 646 g/mol. The highest BCUT2D eigenvalue weighted by molar-refractivity contribution is 5.99. The number of benzene rings is 3. The van der Waals surface area contributed by atoms with Crippen LogP contribution in [0.3, 0.4) is 0 Å². The van der Waals surface area contributed by atoms with E-state index in [4.69, 9.17) is 23.7 Å². The van der Waals surface area contributed by atoms with E-state index in [0.29, 0.717) is 22.6 Å². The Hall–Kier alpha value is -6.25. The maximum Gasteiger partial charge on any atom is 0.414 e. The molecule has 4 aromatic rings. The Morgan fingerprint density at radius 1 is 0.780 bits per heavy atom. The van der Waals surface area contributed by atoms with Crippen molar-refractivity contribution in [1.29, 1.82) is 0 Å². The van der Waals surface area contributed by atoms with Gasteiger partial charge in [0.1, 0.15) is 36.0 Å². The van der Waals surface area contributed by atoms with Gasteiger partial charge in [-0.2, -0.15) is 4.98 Å². The van der Waals surface area contributed by atoms with Gasteiger partial charge in [-0.25, -0.2) is 14.6 Å².